The normalized spacial score (nSPS) is 37.9. The molecule has 5 nitrogen and oxygen atoms in total. The highest BCUT2D eigenvalue weighted by molar-refractivity contribution is 4.85. The van der Waals surface area contributed by atoms with Gasteiger partial charge in [-0.05, 0) is 0 Å². The molecule has 80 valence electrons. The van der Waals surface area contributed by atoms with Gasteiger partial charge in [0.25, 0.3) is 0 Å². The van der Waals surface area contributed by atoms with Crippen LogP contribution in [-0.4, -0.2) is 53.1 Å². The topological polar surface area (TPSA) is 79.2 Å². The molecule has 0 radical (unpaired) electrons. The average molecular weight is 202 g/mol. The van der Waals surface area contributed by atoms with Crippen LogP contribution in [0.3, 0.4) is 0 Å². The summed E-state index contributed by atoms with van der Waals surface area (Å²) >= 11 is 0. The summed E-state index contributed by atoms with van der Waals surface area (Å²) in [6.07, 6.45) is 1.13. The van der Waals surface area contributed by atoms with Gasteiger partial charge in [-0.15, -0.1) is 6.42 Å². The molecule has 0 amide bonds. The van der Waals surface area contributed by atoms with E-state index in [-0.39, 0.29) is 19.6 Å². The molecule has 0 aromatic rings. The summed E-state index contributed by atoms with van der Waals surface area (Å²) in [5.41, 5.74) is 0. The predicted molar refractivity (Wildman–Crippen MR) is 47.2 cm³/mol. The average Bonchev–Trinajstić information content (AvgIpc) is 2.13. The second-order valence-corrected chi connectivity index (χ2v) is 3.14. The van der Waals surface area contributed by atoms with Crippen LogP contribution in [-0.2, 0) is 9.47 Å². The van der Waals surface area contributed by atoms with E-state index in [0.717, 1.165) is 0 Å². The molecule has 0 saturated carbocycles. The Morgan fingerprint density at radius 3 is 2.79 bits per heavy atom. The summed E-state index contributed by atoms with van der Waals surface area (Å²) < 4.78 is 9.91. The maximum absolute atomic E-state index is 9.44. The van der Waals surface area contributed by atoms with Crippen molar-refractivity contribution in [2.75, 3.05) is 13.2 Å². The monoisotopic (exact) mass is 202 g/mol. The van der Waals surface area contributed by atoms with Crippen LogP contribution in [0.15, 0.2) is 0 Å². The van der Waals surface area contributed by atoms with E-state index < -0.39 is 24.6 Å². The van der Waals surface area contributed by atoms with E-state index in [2.05, 4.69) is 5.92 Å². The van der Waals surface area contributed by atoms with Gasteiger partial charge in [0.15, 0.2) is 6.29 Å². The minimum Gasteiger partial charge on any atom is -0.390 e. The molecule has 1 heterocycles. The first-order valence-electron chi connectivity index (χ1n) is 4.36. The summed E-state index contributed by atoms with van der Waals surface area (Å²) in [5.74, 6) is 2.26. The molecule has 0 aromatic heterocycles. The largest absolute Gasteiger partial charge is 0.390 e. The Balaban J connectivity index is 2.38. The number of aliphatic hydroxyl groups is 3. The molecule has 1 aliphatic rings. The van der Waals surface area contributed by atoms with Crippen LogP contribution >= 0.6 is 0 Å². The van der Waals surface area contributed by atoms with Gasteiger partial charge >= 0.3 is 0 Å². The molecule has 1 saturated heterocycles. The van der Waals surface area contributed by atoms with Crippen molar-refractivity contribution in [3.8, 4) is 12.3 Å². The number of hydrogen-bond acceptors (Lipinski definition) is 5. The van der Waals surface area contributed by atoms with Crippen LogP contribution < -0.4 is 0 Å². The van der Waals surface area contributed by atoms with E-state index in [9.17, 15) is 10.2 Å². The number of rotatable bonds is 3. The first-order chi connectivity index (χ1) is 6.65. The van der Waals surface area contributed by atoms with Gasteiger partial charge in [-0.3, -0.25) is 0 Å². The Hall–Kier alpha value is -0.640. The van der Waals surface area contributed by atoms with Crippen molar-refractivity contribution in [1.82, 2.24) is 0 Å². The van der Waals surface area contributed by atoms with Crippen LogP contribution in [0, 0.1) is 12.3 Å². The molecule has 1 aliphatic heterocycles. The fourth-order valence-corrected chi connectivity index (χ4v) is 1.30. The minimum atomic E-state index is -1.06. The van der Waals surface area contributed by atoms with E-state index >= 15 is 0 Å². The molecular formula is C9H14O5. The third-order valence-electron chi connectivity index (χ3n) is 2.02. The van der Waals surface area contributed by atoms with E-state index in [1.165, 1.54) is 0 Å². The van der Waals surface area contributed by atoms with Gasteiger partial charge in [0.2, 0.25) is 0 Å². The van der Waals surface area contributed by atoms with Gasteiger partial charge in [-0.1, -0.05) is 5.92 Å². The highest BCUT2D eigenvalue weighted by Gasteiger charge is 2.35. The van der Waals surface area contributed by atoms with Crippen LogP contribution in [0.2, 0.25) is 0 Å². The van der Waals surface area contributed by atoms with Gasteiger partial charge in [-0.25, -0.2) is 0 Å². The molecule has 14 heavy (non-hydrogen) atoms. The molecule has 1 fully saturated rings. The lowest BCUT2D eigenvalue weighted by molar-refractivity contribution is -0.242. The lowest BCUT2D eigenvalue weighted by atomic mass is 10.0. The summed E-state index contributed by atoms with van der Waals surface area (Å²) in [7, 11) is 0. The zero-order valence-corrected chi connectivity index (χ0v) is 7.67. The molecular weight excluding hydrogens is 188 g/mol. The van der Waals surface area contributed by atoms with Crippen molar-refractivity contribution in [3.63, 3.8) is 0 Å². The van der Waals surface area contributed by atoms with Crippen molar-refractivity contribution >= 4 is 0 Å². The molecule has 3 N–H and O–H groups in total. The van der Waals surface area contributed by atoms with E-state index in [4.69, 9.17) is 21.0 Å². The zero-order chi connectivity index (χ0) is 10.6. The van der Waals surface area contributed by atoms with Crippen molar-refractivity contribution in [2.45, 2.75) is 31.0 Å². The van der Waals surface area contributed by atoms with Crippen LogP contribution in [0.1, 0.15) is 6.42 Å². The molecule has 4 atom stereocenters. The van der Waals surface area contributed by atoms with Gasteiger partial charge in [-0.2, -0.15) is 0 Å². The van der Waals surface area contributed by atoms with Gasteiger partial charge < -0.3 is 24.8 Å². The first kappa shape index (κ1) is 11.4. The Bertz CT molecular complexity index is 212. The van der Waals surface area contributed by atoms with Crippen LogP contribution in [0.4, 0.5) is 0 Å². The van der Waals surface area contributed by atoms with Crippen LogP contribution in [0.25, 0.3) is 0 Å². The second kappa shape index (κ2) is 5.29. The highest BCUT2D eigenvalue weighted by Crippen LogP contribution is 2.18. The fraction of sp³-hybridized carbons (Fsp3) is 0.778. The van der Waals surface area contributed by atoms with Crippen molar-refractivity contribution in [3.05, 3.63) is 0 Å². The summed E-state index contributed by atoms with van der Waals surface area (Å²) in [6.45, 7) is 0.165. The van der Waals surface area contributed by atoms with Gasteiger partial charge in [0, 0.05) is 6.42 Å². The Kier molecular flexibility index (Phi) is 4.32. The highest BCUT2D eigenvalue weighted by atomic mass is 16.6. The maximum atomic E-state index is 9.44. The Morgan fingerprint density at radius 1 is 1.43 bits per heavy atom. The lowest BCUT2D eigenvalue weighted by Gasteiger charge is -2.34. The lowest BCUT2D eigenvalue weighted by Crippen LogP contribution is -2.50. The van der Waals surface area contributed by atoms with E-state index in [0.29, 0.717) is 0 Å². The molecule has 0 bridgehead atoms. The maximum Gasteiger partial charge on any atom is 0.157 e. The third-order valence-corrected chi connectivity index (χ3v) is 2.02. The number of ether oxygens (including phenoxy) is 2. The third kappa shape index (κ3) is 2.94. The van der Waals surface area contributed by atoms with Crippen LogP contribution in [0.5, 0.6) is 0 Å². The number of aliphatic hydroxyl groups excluding tert-OH is 3. The first-order valence-corrected chi connectivity index (χ1v) is 4.36. The van der Waals surface area contributed by atoms with Crippen molar-refractivity contribution < 1.29 is 24.8 Å². The zero-order valence-electron chi connectivity index (χ0n) is 7.67. The SMILES string of the molecule is C#CCOCC1OC(O)CC(O)C1O. The molecule has 5 heteroatoms. The molecule has 0 aromatic carbocycles. The second-order valence-electron chi connectivity index (χ2n) is 3.14. The number of hydrogen-bond donors (Lipinski definition) is 3. The quantitative estimate of drug-likeness (QED) is 0.382. The van der Waals surface area contributed by atoms with Crippen molar-refractivity contribution in [2.24, 2.45) is 0 Å². The fourth-order valence-electron chi connectivity index (χ4n) is 1.30. The Morgan fingerprint density at radius 2 is 2.14 bits per heavy atom. The number of terminal acetylenes is 1. The predicted octanol–water partition coefficient (Wildman–Crippen LogP) is -1.53. The minimum absolute atomic E-state index is 0.00675. The summed E-state index contributed by atoms with van der Waals surface area (Å²) in [6, 6.07) is 0. The molecule has 0 spiro atoms. The summed E-state index contributed by atoms with van der Waals surface area (Å²) in [5, 5.41) is 27.9. The standard InChI is InChI=1S/C9H14O5/c1-2-3-13-5-7-9(12)6(10)4-8(11)14-7/h1,6-12H,3-5H2. The van der Waals surface area contributed by atoms with E-state index in [1.807, 2.05) is 0 Å². The van der Waals surface area contributed by atoms with Gasteiger partial charge in [0.05, 0.1) is 12.7 Å². The van der Waals surface area contributed by atoms with Gasteiger partial charge in [0.1, 0.15) is 18.8 Å². The molecule has 1 rings (SSSR count). The Labute approximate surface area is 82.3 Å². The summed E-state index contributed by atoms with van der Waals surface area (Å²) in [4.78, 5) is 0. The smallest absolute Gasteiger partial charge is 0.157 e. The molecule has 4 unspecified atom stereocenters. The van der Waals surface area contributed by atoms with E-state index in [1.54, 1.807) is 0 Å². The molecule has 0 aliphatic carbocycles. The van der Waals surface area contributed by atoms with Crippen molar-refractivity contribution in [1.29, 1.82) is 0 Å².